The maximum absolute atomic E-state index is 12.9. The molecule has 0 unspecified atom stereocenters. The minimum Gasteiger partial charge on any atom is -0.463 e. The molecule has 0 N–H and O–H groups in total. The Morgan fingerprint density at radius 2 is 2.12 bits per heavy atom. The molecule has 140 valence electrons. The largest absolute Gasteiger partial charge is 0.463 e. The Labute approximate surface area is 155 Å². The van der Waals surface area contributed by atoms with Gasteiger partial charge in [0.25, 0.3) is 11.8 Å². The molecule has 26 heavy (non-hydrogen) atoms. The van der Waals surface area contributed by atoms with Crippen LogP contribution in [0.5, 0.6) is 0 Å². The molecule has 0 radical (unpaired) electrons. The van der Waals surface area contributed by atoms with Crippen LogP contribution in [0, 0.1) is 0 Å². The molecule has 0 saturated carbocycles. The number of hydrogen-bond donors (Lipinski definition) is 0. The van der Waals surface area contributed by atoms with Crippen LogP contribution in [0.2, 0.25) is 0 Å². The van der Waals surface area contributed by atoms with Gasteiger partial charge in [0, 0.05) is 31.0 Å². The van der Waals surface area contributed by atoms with Crippen molar-refractivity contribution in [2.24, 2.45) is 4.36 Å². The summed E-state index contributed by atoms with van der Waals surface area (Å²) in [4.78, 5) is 26.5. The number of rotatable bonds is 1. The van der Waals surface area contributed by atoms with E-state index in [9.17, 15) is 13.8 Å². The zero-order chi connectivity index (χ0) is 18.4. The summed E-state index contributed by atoms with van der Waals surface area (Å²) in [7, 11) is -2.48. The van der Waals surface area contributed by atoms with Crippen molar-refractivity contribution in [2.75, 3.05) is 31.2 Å². The summed E-state index contributed by atoms with van der Waals surface area (Å²) in [6, 6.07) is 3.64. The van der Waals surface area contributed by atoms with Crippen molar-refractivity contribution >= 4 is 43.2 Å². The second kappa shape index (κ2) is 6.47. The van der Waals surface area contributed by atoms with Crippen molar-refractivity contribution in [3.05, 3.63) is 23.3 Å². The molecular weight excluding hydrogens is 376 g/mol. The van der Waals surface area contributed by atoms with Crippen molar-refractivity contribution in [1.29, 1.82) is 0 Å². The highest BCUT2D eigenvalue weighted by Crippen LogP contribution is 2.34. The van der Waals surface area contributed by atoms with Gasteiger partial charge in [-0.15, -0.1) is 11.3 Å². The van der Waals surface area contributed by atoms with E-state index in [-0.39, 0.29) is 5.91 Å². The summed E-state index contributed by atoms with van der Waals surface area (Å²) in [5.41, 5.74) is 0.238. The van der Waals surface area contributed by atoms with Gasteiger partial charge in [-0.25, -0.2) is 4.21 Å². The first-order chi connectivity index (χ1) is 12.4. The average Bonchev–Trinajstić information content (AvgIpc) is 3.19. The molecule has 2 aliphatic rings. The third kappa shape index (κ3) is 3.30. The van der Waals surface area contributed by atoms with Gasteiger partial charge >= 0.3 is 0 Å². The normalized spacial score (nSPS) is 29.2. The highest BCUT2D eigenvalue weighted by molar-refractivity contribution is 7.93. The summed E-state index contributed by atoms with van der Waals surface area (Å²) in [5, 5.41) is 0. The second-order valence-electron chi connectivity index (χ2n) is 6.81. The number of carbonyl (C=O) groups excluding carboxylic acids is 2. The van der Waals surface area contributed by atoms with Gasteiger partial charge in [-0.2, -0.15) is 4.36 Å². The van der Waals surface area contributed by atoms with Crippen molar-refractivity contribution in [1.82, 2.24) is 4.90 Å². The Bertz CT molecular complexity index is 940. The molecule has 0 bridgehead atoms. The lowest BCUT2D eigenvalue weighted by Gasteiger charge is -2.45. The summed E-state index contributed by atoms with van der Waals surface area (Å²) >= 11 is 1.42. The Balaban J connectivity index is 1.49. The Morgan fingerprint density at radius 1 is 1.35 bits per heavy atom. The third-order valence-electron chi connectivity index (χ3n) is 4.93. The summed E-state index contributed by atoms with van der Waals surface area (Å²) in [6.45, 7) is 2.79. The van der Waals surface area contributed by atoms with Gasteiger partial charge in [0.15, 0.2) is 0 Å². The number of fused-ring (bicyclic) bond motifs is 1. The van der Waals surface area contributed by atoms with Crippen LogP contribution < -0.4 is 0 Å². The van der Waals surface area contributed by atoms with Crippen LogP contribution in [0.25, 0.3) is 10.3 Å². The molecule has 4 heterocycles. The molecule has 7 nitrogen and oxygen atoms in total. The van der Waals surface area contributed by atoms with E-state index in [1.807, 2.05) is 11.0 Å². The fourth-order valence-electron chi connectivity index (χ4n) is 3.59. The van der Waals surface area contributed by atoms with Crippen molar-refractivity contribution < 1.29 is 23.0 Å². The van der Waals surface area contributed by atoms with Gasteiger partial charge in [-0.3, -0.25) is 9.59 Å². The van der Waals surface area contributed by atoms with Gasteiger partial charge in [0.2, 0.25) is 0 Å². The van der Waals surface area contributed by atoms with Gasteiger partial charge in [-0.1, -0.05) is 0 Å². The van der Waals surface area contributed by atoms with Crippen LogP contribution in [0.4, 0.5) is 0 Å². The third-order valence-corrected chi connectivity index (χ3v) is 8.28. The van der Waals surface area contributed by atoms with Gasteiger partial charge in [0.1, 0.15) is 5.58 Å². The average molecular weight is 396 g/mol. The number of furan rings is 1. The molecule has 1 spiro atoms. The minimum absolute atomic E-state index is 0.0243. The SMILES string of the molecule is CC(=O)N=S1(=O)CCC2(CC1)CN(C(=O)c1cc3occc3s1)CCO2. The fourth-order valence-corrected chi connectivity index (χ4v) is 6.78. The predicted octanol–water partition coefficient (Wildman–Crippen LogP) is 2.51. The number of carbonyl (C=O) groups is 2. The number of amides is 2. The number of hydrogen-bond acceptors (Lipinski definition) is 6. The van der Waals surface area contributed by atoms with Crippen molar-refractivity contribution in [3.8, 4) is 0 Å². The molecule has 4 rings (SSSR count). The molecule has 0 aromatic carbocycles. The number of morpholine rings is 1. The summed E-state index contributed by atoms with van der Waals surface area (Å²) in [5.74, 6) is 0.249. The van der Waals surface area contributed by atoms with E-state index in [1.165, 1.54) is 18.3 Å². The zero-order valence-electron chi connectivity index (χ0n) is 14.4. The van der Waals surface area contributed by atoms with E-state index < -0.39 is 21.2 Å². The van der Waals surface area contributed by atoms with E-state index in [2.05, 4.69) is 4.36 Å². The molecule has 9 heteroatoms. The number of ether oxygens (including phenoxy) is 1. The van der Waals surface area contributed by atoms with Crippen LogP contribution in [0.1, 0.15) is 29.4 Å². The lowest BCUT2D eigenvalue weighted by molar-refractivity contribution is -0.115. The Hall–Kier alpha value is -1.71. The first kappa shape index (κ1) is 17.7. The maximum atomic E-state index is 12.9. The monoisotopic (exact) mass is 396 g/mol. The van der Waals surface area contributed by atoms with Gasteiger partial charge < -0.3 is 14.1 Å². The fraction of sp³-hybridized carbons (Fsp3) is 0.529. The molecule has 2 amide bonds. The van der Waals surface area contributed by atoms with E-state index in [0.717, 1.165) is 10.3 Å². The topological polar surface area (TPSA) is 89.2 Å². The van der Waals surface area contributed by atoms with E-state index in [1.54, 1.807) is 12.3 Å². The van der Waals surface area contributed by atoms with Crippen LogP contribution in [0.15, 0.2) is 27.2 Å². The highest BCUT2D eigenvalue weighted by Gasteiger charge is 2.42. The zero-order valence-corrected chi connectivity index (χ0v) is 16.1. The predicted molar refractivity (Wildman–Crippen MR) is 98.9 cm³/mol. The smallest absolute Gasteiger partial charge is 0.264 e. The molecule has 2 aromatic rings. The molecule has 0 atom stereocenters. The molecular formula is C17H20N2O5S2. The summed E-state index contributed by atoms with van der Waals surface area (Å²) < 4.78 is 28.7. The molecule has 0 aliphatic carbocycles. The molecule has 2 fully saturated rings. The lowest BCUT2D eigenvalue weighted by atomic mass is 9.94. The van der Waals surface area contributed by atoms with Crippen LogP contribution in [-0.2, 0) is 19.3 Å². The van der Waals surface area contributed by atoms with Gasteiger partial charge in [-0.05, 0) is 18.9 Å². The number of nitrogens with zero attached hydrogens (tertiary/aromatic N) is 2. The van der Waals surface area contributed by atoms with Crippen molar-refractivity contribution in [2.45, 2.75) is 25.4 Å². The quantitative estimate of drug-likeness (QED) is 0.739. The van der Waals surface area contributed by atoms with E-state index in [0.29, 0.717) is 48.9 Å². The van der Waals surface area contributed by atoms with Crippen LogP contribution in [-0.4, -0.2) is 57.7 Å². The lowest BCUT2D eigenvalue weighted by Crippen LogP contribution is -2.56. The first-order valence-corrected chi connectivity index (χ1v) is 11.2. The van der Waals surface area contributed by atoms with Gasteiger partial charge in [0.05, 0.1) is 44.3 Å². The Kier molecular flexibility index (Phi) is 4.40. The molecule has 2 aromatic heterocycles. The standard InChI is InChI=1S/C17H20N2O5S2/c1-12(20)18-26(22)8-3-17(4-9-26)11-19(5-7-24-17)16(21)15-10-13-14(25-15)2-6-23-13/h2,6,10H,3-5,7-9,11H2,1H3. The molecule has 2 aliphatic heterocycles. The van der Waals surface area contributed by atoms with Crippen molar-refractivity contribution in [3.63, 3.8) is 0 Å². The van der Waals surface area contributed by atoms with Crippen LogP contribution >= 0.6 is 11.3 Å². The van der Waals surface area contributed by atoms with Crippen LogP contribution in [0.3, 0.4) is 0 Å². The second-order valence-corrected chi connectivity index (χ2v) is 10.4. The number of thiophene rings is 1. The minimum atomic E-state index is -2.48. The maximum Gasteiger partial charge on any atom is 0.264 e. The summed E-state index contributed by atoms with van der Waals surface area (Å²) in [6.07, 6.45) is 2.70. The van der Waals surface area contributed by atoms with E-state index >= 15 is 0 Å². The highest BCUT2D eigenvalue weighted by atomic mass is 32.2. The first-order valence-electron chi connectivity index (χ1n) is 8.52. The van der Waals surface area contributed by atoms with E-state index in [4.69, 9.17) is 9.15 Å². The molecule has 2 saturated heterocycles. The Morgan fingerprint density at radius 3 is 2.81 bits per heavy atom.